The molecule has 2 rings (SSSR count). The molecule has 3 heteroatoms. The van der Waals surface area contributed by atoms with E-state index < -0.39 is 0 Å². The zero-order valence-electron chi connectivity index (χ0n) is 14.4. The van der Waals surface area contributed by atoms with E-state index in [9.17, 15) is 0 Å². The van der Waals surface area contributed by atoms with Gasteiger partial charge in [0.05, 0.1) is 0 Å². The van der Waals surface area contributed by atoms with Gasteiger partial charge in [-0.15, -0.1) is 0 Å². The lowest BCUT2D eigenvalue weighted by Crippen LogP contribution is -2.42. The first-order valence-electron chi connectivity index (χ1n) is 9.46. The van der Waals surface area contributed by atoms with Gasteiger partial charge in [0, 0.05) is 25.2 Å². The van der Waals surface area contributed by atoms with E-state index in [0.717, 1.165) is 24.9 Å². The largest absolute Gasteiger partial charge is 0.330 e. The number of hydrogen-bond acceptors (Lipinski definition) is 3. The molecule has 1 heterocycles. The van der Waals surface area contributed by atoms with Gasteiger partial charge in [-0.3, -0.25) is 9.80 Å². The van der Waals surface area contributed by atoms with Crippen LogP contribution in [0.4, 0.5) is 0 Å². The molecule has 0 spiro atoms. The fourth-order valence-electron chi connectivity index (χ4n) is 4.44. The van der Waals surface area contributed by atoms with E-state index in [1.807, 2.05) is 0 Å². The summed E-state index contributed by atoms with van der Waals surface area (Å²) in [6.45, 7) is 10.6. The van der Waals surface area contributed by atoms with Gasteiger partial charge in [0.15, 0.2) is 0 Å². The smallest absolute Gasteiger partial charge is 0.0112 e. The van der Waals surface area contributed by atoms with Crippen molar-refractivity contribution in [1.29, 1.82) is 0 Å². The minimum absolute atomic E-state index is 0.714. The Morgan fingerprint density at radius 2 is 1.76 bits per heavy atom. The molecule has 2 N–H and O–H groups in total. The second-order valence-corrected chi connectivity index (χ2v) is 7.15. The first-order valence-corrected chi connectivity index (χ1v) is 9.46. The molecule has 1 aliphatic heterocycles. The van der Waals surface area contributed by atoms with Crippen LogP contribution in [0.15, 0.2) is 0 Å². The highest BCUT2D eigenvalue weighted by Crippen LogP contribution is 2.30. The van der Waals surface area contributed by atoms with Gasteiger partial charge in [-0.1, -0.05) is 20.3 Å². The lowest BCUT2D eigenvalue weighted by atomic mass is 9.84. The van der Waals surface area contributed by atoms with E-state index in [2.05, 4.69) is 23.6 Å². The summed E-state index contributed by atoms with van der Waals surface area (Å²) in [5.41, 5.74) is 5.78. The van der Waals surface area contributed by atoms with Gasteiger partial charge in [-0.05, 0) is 70.5 Å². The van der Waals surface area contributed by atoms with E-state index in [4.69, 9.17) is 5.73 Å². The van der Waals surface area contributed by atoms with Crippen molar-refractivity contribution in [3.63, 3.8) is 0 Å². The summed E-state index contributed by atoms with van der Waals surface area (Å²) in [7, 11) is 0. The van der Waals surface area contributed by atoms with Crippen molar-refractivity contribution in [3.05, 3.63) is 0 Å². The topological polar surface area (TPSA) is 32.5 Å². The second-order valence-electron chi connectivity index (χ2n) is 7.15. The highest BCUT2D eigenvalue weighted by Gasteiger charge is 2.27. The molecule has 1 atom stereocenters. The van der Waals surface area contributed by atoms with E-state index in [0.29, 0.717) is 6.04 Å². The van der Waals surface area contributed by atoms with Crippen molar-refractivity contribution in [2.45, 2.75) is 77.3 Å². The molecular weight excluding hydrogens is 258 g/mol. The Balaban J connectivity index is 1.80. The van der Waals surface area contributed by atoms with E-state index in [-0.39, 0.29) is 0 Å². The third-order valence-electron chi connectivity index (χ3n) is 5.96. The van der Waals surface area contributed by atoms with Crippen LogP contribution in [0.5, 0.6) is 0 Å². The first kappa shape index (κ1) is 17.2. The lowest BCUT2D eigenvalue weighted by molar-refractivity contribution is 0.131. The van der Waals surface area contributed by atoms with Crippen LogP contribution in [0.25, 0.3) is 0 Å². The molecule has 0 aromatic heterocycles. The zero-order chi connectivity index (χ0) is 15.1. The number of nitrogens with zero attached hydrogens (tertiary/aromatic N) is 2. The van der Waals surface area contributed by atoms with Crippen LogP contribution in [-0.4, -0.2) is 54.6 Å². The summed E-state index contributed by atoms with van der Waals surface area (Å²) in [5, 5.41) is 0. The fourth-order valence-corrected chi connectivity index (χ4v) is 4.44. The van der Waals surface area contributed by atoms with Gasteiger partial charge in [0.25, 0.3) is 0 Å². The Kier molecular flexibility index (Phi) is 7.48. The van der Waals surface area contributed by atoms with Crippen LogP contribution in [0, 0.1) is 5.92 Å². The summed E-state index contributed by atoms with van der Waals surface area (Å²) in [4.78, 5) is 5.52. The molecule has 1 unspecified atom stereocenters. The van der Waals surface area contributed by atoms with Gasteiger partial charge in [0.2, 0.25) is 0 Å². The number of nitrogens with two attached hydrogens (primary N) is 1. The minimum Gasteiger partial charge on any atom is -0.330 e. The molecule has 0 amide bonds. The molecule has 0 aromatic rings. The lowest BCUT2D eigenvalue weighted by Gasteiger charge is -2.36. The molecular formula is C18H37N3. The molecule has 2 fully saturated rings. The fraction of sp³-hybridized carbons (Fsp3) is 1.00. The van der Waals surface area contributed by atoms with Crippen LogP contribution in [0.3, 0.4) is 0 Å². The van der Waals surface area contributed by atoms with Crippen LogP contribution in [0.1, 0.15) is 65.2 Å². The number of hydrogen-bond donors (Lipinski definition) is 1. The van der Waals surface area contributed by atoms with E-state index in [1.54, 1.807) is 0 Å². The Labute approximate surface area is 132 Å². The second kappa shape index (κ2) is 9.12. The Morgan fingerprint density at radius 3 is 2.38 bits per heavy atom. The van der Waals surface area contributed by atoms with Crippen molar-refractivity contribution in [2.75, 3.05) is 32.7 Å². The van der Waals surface area contributed by atoms with Gasteiger partial charge in [-0.25, -0.2) is 0 Å². The maximum absolute atomic E-state index is 5.78. The molecule has 124 valence electrons. The van der Waals surface area contributed by atoms with Crippen molar-refractivity contribution in [1.82, 2.24) is 9.80 Å². The average molecular weight is 296 g/mol. The van der Waals surface area contributed by atoms with Crippen molar-refractivity contribution >= 4 is 0 Å². The summed E-state index contributed by atoms with van der Waals surface area (Å²) < 4.78 is 0. The monoisotopic (exact) mass is 295 g/mol. The molecule has 0 radical (unpaired) electrons. The third-order valence-corrected chi connectivity index (χ3v) is 5.96. The molecule has 3 nitrogen and oxygen atoms in total. The summed E-state index contributed by atoms with van der Waals surface area (Å²) in [5.74, 6) is 1.01. The molecule has 2 aliphatic rings. The quantitative estimate of drug-likeness (QED) is 0.817. The van der Waals surface area contributed by atoms with E-state index in [1.165, 1.54) is 71.1 Å². The van der Waals surface area contributed by atoms with Crippen LogP contribution < -0.4 is 5.73 Å². The van der Waals surface area contributed by atoms with Gasteiger partial charge in [0.1, 0.15) is 0 Å². The van der Waals surface area contributed by atoms with Gasteiger partial charge in [-0.2, -0.15) is 0 Å². The molecule has 1 saturated heterocycles. The van der Waals surface area contributed by atoms with Crippen LogP contribution in [0.2, 0.25) is 0 Å². The predicted molar refractivity (Wildman–Crippen MR) is 91.6 cm³/mol. The molecule has 0 bridgehead atoms. The normalized spacial score (nSPS) is 31.0. The summed E-state index contributed by atoms with van der Waals surface area (Å²) in [6.07, 6.45) is 11.0. The first-order chi connectivity index (χ1) is 10.3. The Bertz CT molecular complexity index is 274. The number of rotatable bonds is 6. The predicted octanol–water partition coefficient (Wildman–Crippen LogP) is 3.09. The highest BCUT2D eigenvalue weighted by atomic mass is 15.2. The molecule has 1 aliphatic carbocycles. The van der Waals surface area contributed by atoms with Crippen molar-refractivity contribution in [2.24, 2.45) is 11.7 Å². The minimum atomic E-state index is 0.714. The van der Waals surface area contributed by atoms with Gasteiger partial charge >= 0.3 is 0 Å². The van der Waals surface area contributed by atoms with E-state index >= 15 is 0 Å². The highest BCUT2D eigenvalue weighted by molar-refractivity contribution is 4.83. The van der Waals surface area contributed by atoms with Crippen LogP contribution in [-0.2, 0) is 0 Å². The Hall–Kier alpha value is -0.120. The molecule has 21 heavy (non-hydrogen) atoms. The Morgan fingerprint density at radius 1 is 1.00 bits per heavy atom. The van der Waals surface area contributed by atoms with Crippen molar-refractivity contribution < 1.29 is 0 Å². The average Bonchev–Trinajstić information content (AvgIpc) is 2.78. The van der Waals surface area contributed by atoms with Crippen molar-refractivity contribution in [3.8, 4) is 0 Å². The maximum Gasteiger partial charge on any atom is 0.0112 e. The SMILES string of the molecule is CCC1CCC(N2CCCN(C(CC)CCN)CC2)CC1. The zero-order valence-corrected chi connectivity index (χ0v) is 14.4. The third kappa shape index (κ3) is 4.94. The summed E-state index contributed by atoms with van der Waals surface area (Å²) in [6, 6.07) is 1.59. The molecule has 0 aromatic carbocycles. The standard InChI is InChI=1S/C18H37N3/c1-3-16-6-8-18(9-7-16)21-13-5-12-20(14-15-21)17(4-2)10-11-19/h16-18H,3-15,19H2,1-2H3. The maximum atomic E-state index is 5.78. The van der Waals surface area contributed by atoms with Crippen LogP contribution >= 0.6 is 0 Å². The molecule has 1 saturated carbocycles. The summed E-state index contributed by atoms with van der Waals surface area (Å²) >= 11 is 0. The van der Waals surface area contributed by atoms with Gasteiger partial charge < -0.3 is 5.73 Å².